The minimum Gasteiger partial charge on any atom is -0.385 e. The monoisotopic (exact) mass is 528 g/mol. The first kappa shape index (κ1) is 27.5. The maximum absolute atomic E-state index is 13.5. The van der Waals surface area contributed by atoms with Crippen molar-refractivity contribution in [2.45, 2.75) is 33.4 Å². The molecule has 202 valence electrons. The smallest absolute Gasteiger partial charge is 0.332 e. The minimum absolute atomic E-state index is 0.00305. The van der Waals surface area contributed by atoms with E-state index in [9.17, 15) is 19.2 Å². The molecular weight excluding hydrogens is 496 g/mol. The van der Waals surface area contributed by atoms with Crippen molar-refractivity contribution in [3.63, 3.8) is 0 Å². The lowest BCUT2D eigenvalue weighted by atomic mass is 10.1. The number of hydrogen-bond donors (Lipinski definition) is 2. The van der Waals surface area contributed by atoms with E-state index in [2.05, 4.69) is 10.6 Å². The van der Waals surface area contributed by atoms with E-state index in [1.54, 1.807) is 55.6 Å². The van der Waals surface area contributed by atoms with Gasteiger partial charge in [-0.15, -0.1) is 0 Å². The normalized spacial score (nSPS) is 10.9. The second-order valence-corrected chi connectivity index (χ2v) is 9.44. The number of benzene rings is 3. The van der Waals surface area contributed by atoms with Gasteiger partial charge >= 0.3 is 5.69 Å². The molecule has 0 atom stereocenters. The van der Waals surface area contributed by atoms with Crippen LogP contribution in [0.5, 0.6) is 0 Å². The van der Waals surface area contributed by atoms with Crippen molar-refractivity contribution in [3.8, 4) is 0 Å². The Kier molecular flexibility index (Phi) is 8.73. The van der Waals surface area contributed by atoms with Gasteiger partial charge in [0.05, 0.1) is 17.4 Å². The van der Waals surface area contributed by atoms with Gasteiger partial charge in [-0.3, -0.25) is 23.5 Å². The highest BCUT2D eigenvalue weighted by atomic mass is 16.5. The SMILES string of the molecule is COCCCNC(=O)c1ccc(Cn2c(=O)c3ccccc3n(CC(=O)Nc3ccc(C)cc3C)c2=O)cc1. The molecule has 2 N–H and O–H groups in total. The Morgan fingerprint density at radius 3 is 2.38 bits per heavy atom. The number of ether oxygens (including phenoxy) is 1. The van der Waals surface area contributed by atoms with Crippen LogP contribution in [0.4, 0.5) is 5.69 Å². The Morgan fingerprint density at radius 1 is 0.923 bits per heavy atom. The molecule has 4 aromatic rings. The molecule has 0 aliphatic heterocycles. The molecule has 0 aliphatic rings. The lowest BCUT2D eigenvalue weighted by Crippen LogP contribution is -2.42. The van der Waals surface area contributed by atoms with Crippen LogP contribution in [0, 0.1) is 13.8 Å². The quantitative estimate of drug-likeness (QED) is 0.307. The van der Waals surface area contributed by atoms with E-state index in [1.807, 2.05) is 32.0 Å². The lowest BCUT2D eigenvalue weighted by molar-refractivity contribution is -0.116. The summed E-state index contributed by atoms with van der Waals surface area (Å²) in [5.41, 5.74) is 3.16. The van der Waals surface area contributed by atoms with Crippen LogP contribution in [0.2, 0.25) is 0 Å². The van der Waals surface area contributed by atoms with E-state index in [0.717, 1.165) is 15.7 Å². The maximum Gasteiger partial charge on any atom is 0.332 e. The third-order valence-electron chi connectivity index (χ3n) is 6.46. The molecule has 2 amide bonds. The summed E-state index contributed by atoms with van der Waals surface area (Å²) in [5, 5.41) is 6.03. The molecule has 0 saturated heterocycles. The van der Waals surface area contributed by atoms with Crippen LogP contribution in [0.25, 0.3) is 10.9 Å². The van der Waals surface area contributed by atoms with Gasteiger partial charge in [-0.05, 0) is 61.7 Å². The van der Waals surface area contributed by atoms with Gasteiger partial charge in [-0.1, -0.05) is 42.0 Å². The summed E-state index contributed by atoms with van der Waals surface area (Å²) in [4.78, 5) is 52.1. The molecule has 0 fully saturated rings. The first-order valence-corrected chi connectivity index (χ1v) is 12.7. The van der Waals surface area contributed by atoms with Gasteiger partial charge in [0.15, 0.2) is 0 Å². The number of fused-ring (bicyclic) bond motifs is 1. The van der Waals surface area contributed by atoms with Crippen LogP contribution in [0.1, 0.15) is 33.5 Å². The third kappa shape index (κ3) is 6.50. The third-order valence-corrected chi connectivity index (χ3v) is 6.46. The number of nitrogens with zero attached hydrogens (tertiary/aromatic N) is 2. The van der Waals surface area contributed by atoms with Crippen LogP contribution >= 0.6 is 0 Å². The Labute approximate surface area is 226 Å². The predicted molar refractivity (Wildman–Crippen MR) is 151 cm³/mol. The predicted octanol–water partition coefficient (Wildman–Crippen LogP) is 3.23. The summed E-state index contributed by atoms with van der Waals surface area (Å²) >= 11 is 0. The van der Waals surface area contributed by atoms with Crippen molar-refractivity contribution < 1.29 is 14.3 Å². The van der Waals surface area contributed by atoms with Gasteiger partial charge in [0.25, 0.3) is 11.5 Å². The summed E-state index contributed by atoms with van der Waals surface area (Å²) in [6.45, 7) is 4.68. The molecule has 4 rings (SSSR count). The van der Waals surface area contributed by atoms with Crippen molar-refractivity contribution in [2.24, 2.45) is 0 Å². The molecule has 9 nitrogen and oxygen atoms in total. The van der Waals surface area contributed by atoms with Crippen LogP contribution in [0.15, 0.2) is 76.3 Å². The van der Waals surface area contributed by atoms with Crippen molar-refractivity contribution in [1.82, 2.24) is 14.5 Å². The van der Waals surface area contributed by atoms with Crippen molar-refractivity contribution in [2.75, 3.05) is 25.6 Å². The summed E-state index contributed by atoms with van der Waals surface area (Å²) in [6.07, 6.45) is 0.708. The molecule has 3 aromatic carbocycles. The zero-order valence-corrected chi connectivity index (χ0v) is 22.3. The van der Waals surface area contributed by atoms with Gasteiger partial charge in [-0.2, -0.15) is 0 Å². The molecule has 0 aliphatic carbocycles. The zero-order valence-electron chi connectivity index (χ0n) is 22.3. The van der Waals surface area contributed by atoms with E-state index >= 15 is 0 Å². The summed E-state index contributed by atoms with van der Waals surface area (Å²) in [6, 6.07) is 19.2. The Hall–Kier alpha value is -4.50. The molecule has 0 bridgehead atoms. The average Bonchev–Trinajstić information content (AvgIpc) is 2.93. The highest BCUT2D eigenvalue weighted by Crippen LogP contribution is 2.16. The molecule has 1 heterocycles. The number of para-hydroxylation sites is 1. The highest BCUT2D eigenvalue weighted by molar-refractivity contribution is 5.94. The number of amides is 2. The fourth-order valence-corrected chi connectivity index (χ4v) is 4.41. The first-order valence-electron chi connectivity index (χ1n) is 12.7. The van der Waals surface area contributed by atoms with Crippen molar-refractivity contribution in [3.05, 3.63) is 110 Å². The largest absolute Gasteiger partial charge is 0.385 e. The number of aromatic nitrogens is 2. The van der Waals surface area contributed by atoms with Gasteiger partial charge in [0, 0.05) is 31.5 Å². The van der Waals surface area contributed by atoms with Crippen LogP contribution in [-0.2, 0) is 22.6 Å². The number of aryl methyl sites for hydroxylation is 2. The topological polar surface area (TPSA) is 111 Å². The number of hydrogen-bond acceptors (Lipinski definition) is 5. The number of carbonyl (C=O) groups is 2. The number of methoxy groups -OCH3 is 1. The fraction of sp³-hybridized carbons (Fsp3) is 0.267. The van der Waals surface area contributed by atoms with E-state index in [4.69, 9.17) is 4.74 Å². The van der Waals surface area contributed by atoms with Gasteiger partial charge < -0.3 is 15.4 Å². The van der Waals surface area contributed by atoms with Gasteiger partial charge in [0.1, 0.15) is 6.54 Å². The van der Waals surface area contributed by atoms with E-state index in [-0.39, 0.29) is 24.9 Å². The van der Waals surface area contributed by atoms with Crippen LogP contribution in [0.3, 0.4) is 0 Å². The summed E-state index contributed by atoms with van der Waals surface area (Å²) in [5.74, 6) is -0.585. The molecule has 0 spiro atoms. The fourth-order valence-electron chi connectivity index (χ4n) is 4.41. The standard InChI is InChI=1S/C30H32N4O5/c1-20-9-14-25(21(2)17-20)32-27(35)19-33-26-8-5-4-7-24(26)29(37)34(30(33)38)18-22-10-12-23(13-11-22)28(36)31-15-6-16-39-3/h4-5,7-14,17H,6,15-16,18-19H2,1-3H3,(H,31,36)(H,32,35). The molecular formula is C30H32N4O5. The number of anilines is 1. The molecule has 0 saturated carbocycles. The summed E-state index contributed by atoms with van der Waals surface area (Å²) < 4.78 is 7.42. The average molecular weight is 529 g/mol. The first-order chi connectivity index (χ1) is 18.8. The van der Waals surface area contributed by atoms with Crippen LogP contribution < -0.4 is 21.9 Å². The molecule has 0 radical (unpaired) electrons. The number of rotatable bonds is 10. The minimum atomic E-state index is -0.588. The maximum atomic E-state index is 13.5. The second-order valence-electron chi connectivity index (χ2n) is 9.44. The molecule has 9 heteroatoms. The zero-order chi connectivity index (χ0) is 27.9. The number of nitrogens with one attached hydrogen (secondary N) is 2. The number of carbonyl (C=O) groups excluding carboxylic acids is 2. The molecule has 39 heavy (non-hydrogen) atoms. The highest BCUT2D eigenvalue weighted by Gasteiger charge is 2.16. The van der Waals surface area contributed by atoms with Crippen molar-refractivity contribution in [1.29, 1.82) is 0 Å². The van der Waals surface area contributed by atoms with E-state index in [1.165, 1.54) is 4.57 Å². The molecule has 1 aromatic heterocycles. The van der Waals surface area contributed by atoms with Crippen molar-refractivity contribution >= 4 is 28.4 Å². The molecule has 0 unspecified atom stereocenters. The van der Waals surface area contributed by atoms with E-state index < -0.39 is 11.2 Å². The Balaban J connectivity index is 1.59. The van der Waals surface area contributed by atoms with Crippen LogP contribution in [-0.4, -0.2) is 41.2 Å². The Morgan fingerprint density at radius 2 is 1.67 bits per heavy atom. The Bertz CT molecular complexity index is 1620. The van der Waals surface area contributed by atoms with Gasteiger partial charge in [-0.25, -0.2) is 4.79 Å². The lowest BCUT2D eigenvalue weighted by Gasteiger charge is -2.15. The van der Waals surface area contributed by atoms with E-state index in [0.29, 0.717) is 47.3 Å². The summed E-state index contributed by atoms with van der Waals surface area (Å²) in [7, 11) is 1.61. The van der Waals surface area contributed by atoms with Gasteiger partial charge in [0.2, 0.25) is 5.91 Å². The second kappa shape index (κ2) is 12.4.